The summed E-state index contributed by atoms with van der Waals surface area (Å²) in [4.78, 5) is 0. The molecule has 0 bridgehead atoms. The maximum Gasteiger partial charge on any atom is 0.0831 e. The molecule has 1 unspecified atom stereocenters. The first-order valence-corrected chi connectivity index (χ1v) is 4.10. The molecule has 1 saturated heterocycles. The molecule has 1 fully saturated rings. The van der Waals surface area contributed by atoms with Crippen LogP contribution in [0, 0.1) is 5.92 Å². The lowest BCUT2D eigenvalue weighted by atomic mass is 9.94. The van der Waals surface area contributed by atoms with Crippen molar-refractivity contribution in [3.05, 3.63) is 0 Å². The summed E-state index contributed by atoms with van der Waals surface area (Å²) < 4.78 is 10.3. The number of aliphatic hydroxyl groups is 1. The second kappa shape index (κ2) is 4.70. The molecule has 11 heavy (non-hydrogen) atoms. The average Bonchev–Trinajstić information content (AvgIpc) is 2.09. The van der Waals surface area contributed by atoms with Gasteiger partial charge in [-0.25, -0.2) is 0 Å². The van der Waals surface area contributed by atoms with Gasteiger partial charge in [0.05, 0.1) is 12.7 Å². The van der Waals surface area contributed by atoms with Crippen molar-refractivity contribution in [3.63, 3.8) is 0 Å². The predicted molar refractivity (Wildman–Crippen MR) is 41.4 cm³/mol. The van der Waals surface area contributed by atoms with Crippen LogP contribution in [-0.2, 0) is 9.47 Å². The van der Waals surface area contributed by atoms with Crippen molar-refractivity contribution in [1.29, 1.82) is 0 Å². The zero-order chi connectivity index (χ0) is 8.10. The Morgan fingerprint density at radius 1 is 1.55 bits per heavy atom. The third kappa shape index (κ3) is 2.43. The number of rotatable bonds is 3. The van der Waals surface area contributed by atoms with Crippen LogP contribution in [0.4, 0.5) is 0 Å². The van der Waals surface area contributed by atoms with Crippen LogP contribution in [0.25, 0.3) is 0 Å². The Hall–Kier alpha value is -0.120. The Morgan fingerprint density at radius 2 is 2.18 bits per heavy atom. The lowest BCUT2D eigenvalue weighted by molar-refractivity contribution is -0.0368. The molecule has 1 rings (SSSR count). The first-order chi connectivity index (χ1) is 5.38. The molecule has 1 heterocycles. The zero-order valence-electron chi connectivity index (χ0n) is 6.95. The highest BCUT2D eigenvalue weighted by Crippen LogP contribution is 2.20. The van der Waals surface area contributed by atoms with Crippen molar-refractivity contribution < 1.29 is 14.6 Å². The summed E-state index contributed by atoms with van der Waals surface area (Å²) in [5.41, 5.74) is 0. The summed E-state index contributed by atoms with van der Waals surface area (Å²) in [6, 6.07) is 0. The summed E-state index contributed by atoms with van der Waals surface area (Å²) in [5, 5.41) is 8.91. The predicted octanol–water partition coefficient (Wildman–Crippen LogP) is 0.420. The number of methoxy groups -OCH3 is 1. The molecule has 1 aliphatic heterocycles. The van der Waals surface area contributed by atoms with Crippen LogP contribution in [0.15, 0.2) is 0 Å². The minimum Gasteiger partial charge on any atom is -0.394 e. The van der Waals surface area contributed by atoms with E-state index in [0.717, 1.165) is 26.1 Å². The molecule has 0 aromatic rings. The summed E-state index contributed by atoms with van der Waals surface area (Å²) in [7, 11) is 1.65. The largest absolute Gasteiger partial charge is 0.394 e. The summed E-state index contributed by atoms with van der Waals surface area (Å²) in [6.07, 6.45) is 2.04. The Morgan fingerprint density at radius 3 is 2.64 bits per heavy atom. The Labute approximate surface area is 67.3 Å². The molecule has 0 radical (unpaired) electrons. The van der Waals surface area contributed by atoms with Crippen LogP contribution in [0.5, 0.6) is 0 Å². The number of ether oxygens (including phenoxy) is 2. The number of hydrogen-bond acceptors (Lipinski definition) is 3. The first-order valence-electron chi connectivity index (χ1n) is 4.10. The van der Waals surface area contributed by atoms with Crippen molar-refractivity contribution in [2.24, 2.45) is 5.92 Å². The smallest absolute Gasteiger partial charge is 0.0831 e. The second-order valence-electron chi connectivity index (χ2n) is 2.91. The standard InChI is InChI=1S/C8H16O3/c1-10-8(6-9)7-2-4-11-5-3-7/h7-9H,2-6H2,1H3. The van der Waals surface area contributed by atoms with E-state index in [-0.39, 0.29) is 12.7 Å². The third-order valence-electron chi connectivity index (χ3n) is 2.27. The quantitative estimate of drug-likeness (QED) is 0.650. The van der Waals surface area contributed by atoms with Crippen molar-refractivity contribution in [1.82, 2.24) is 0 Å². The summed E-state index contributed by atoms with van der Waals surface area (Å²) in [5.74, 6) is 0.485. The molecule has 1 N–H and O–H groups in total. The van der Waals surface area contributed by atoms with Gasteiger partial charge in [-0.15, -0.1) is 0 Å². The molecular formula is C8H16O3. The highest BCUT2D eigenvalue weighted by atomic mass is 16.5. The van der Waals surface area contributed by atoms with Gasteiger partial charge >= 0.3 is 0 Å². The van der Waals surface area contributed by atoms with Crippen LogP contribution < -0.4 is 0 Å². The van der Waals surface area contributed by atoms with E-state index in [1.807, 2.05) is 0 Å². The molecule has 0 aromatic heterocycles. The molecule has 0 amide bonds. The number of hydrogen-bond donors (Lipinski definition) is 1. The fourth-order valence-corrected chi connectivity index (χ4v) is 1.50. The van der Waals surface area contributed by atoms with E-state index in [2.05, 4.69) is 0 Å². The highest BCUT2D eigenvalue weighted by molar-refractivity contribution is 4.71. The van der Waals surface area contributed by atoms with Gasteiger partial charge in [-0.3, -0.25) is 0 Å². The van der Waals surface area contributed by atoms with Gasteiger partial charge in [0.15, 0.2) is 0 Å². The molecule has 3 heteroatoms. The van der Waals surface area contributed by atoms with E-state index in [4.69, 9.17) is 14.6 Å². The van der Waals surface area contributed by atoms with Crippen molar-refractivity contribution in [2.75, 3.05) is 26.9 Å². The first kappa shape index (κ1) is 8.97. The van der Waals surface area contributed by atoms with Gasteiger partial charge < -0.3 is 14.6 Å². The number of aliphatic hydroxyl groups excluding tert-OH is 1. The molecule has 0 aromatic carbocycles. The minimum absolute atomic E-state index is 0.0129. The molecule has 66 valence electrons. The monoisotopic (exact) mass is 160 g/mol. The summed E-state index contributed by atoms with van der Waals surface area (Å²) in [6.45, 7) is 1.75. The molecular weight excluding hydrogens is 144 g/mol. The van der Waals surface area contributed by atoms with Gasteiger partial charge in [0.1, 0.15) is 0 Å². The highest BCUT2D eigenvalue weighted by Gasteiger charge is 2.22. The van der Waals surface area contributed by atoms with Gasteiger partial charge in [0.2, 0.25) is 0 Å². The van der Waals surface area contributed by atoms with Gasteiger partial charge in [0, 0.05) is 20.3 Å². The van der Waals surface area contributed by atoms with E-state index in [1.165, 1.54) is 0 Å². The van der Waals surface area contributed by atoms with Gasteiger partial charge in [-0.1, -0.05) is 0 Å². The van der Waals surface area contributed by atoms with E-state index in [9.17, 15) is 0 Å². The van der Waals surface area contributed by atoms with E-state index in [1.54, 1.807) is 7.11 Å². The van der Waals surface area contributed by atoms with E-state index >= 15 is 0 Å². The third-order valence-corrected chi connectivity index (χ3v) is 2.27. The fraction of sp³-hybridized carbons (Fsp3) is 1.00. The van der Waals surface area contributed by atoms with Crippen molar-refractivity contribution in [2.45, 2.75) is 18.9 Å². The zero-order valence-corrected chi connectivity index (χ0v) is 6.95. The Bertz CT molecular complexity index is 95.5. The van der Waals surface area contributed by atoms with Crippen LogP contribution in [0.1, 0.15) is 12.8 Å². The molecule has 0 aliphatic carbocycles. The molecule has 3 nitrogen and oxygen atoms in total. The summed E-state index contributed by atoms with van der Waals surface area (Å²) >= 11 is 0. The minimum atomic E-state index is 0.0129. The van der Waals surface area contributed by atoms with Crippen molar-refractivity contribution in [3.8, 4) is 0 Å². The molecule has 0 saturated carbocycles. The van der Waals surface area contributed by atoms with E-state index < -0.39 is 0 Å². The van der Waals surface area contributed by atoms with Crippen LogP contribution in [-0.4, -0.2) is 38.1 Å². The molecule has 1 atom stereocenters. The maximum absolute atomic E-state index is 8.91. The second-order valence-corrected chi connectivity index (χ2v) is 2.91. The average molecular weight is 160 g/mol. The molecule has 1 aliphatic rings. The van der Waals surface area contributed by atoms with Gasteiger partial charge in [-0.2, -0.15) is 0 Å². The van der Waals surface area contributed by atoms with Crippen molar-refractivity contribution >= 4 is 0 Å². The fourth-order valence-electron chi connectivity index (χ4n) is 1.50. The Kier molecular flexibility index (Phi) is 3.83. The normalized spacial score (nSPS) is 23.5. The van der Waals surface area contributed by atoms with Crippen LogP contribution in [0.2, 0.25) is 0 Å². The van der Waals surface area contributed by atoms with Gasteiger partial charge in [-0.05, 0) is 18.8 Å². The Balaban J connectivity index is 2.30. The SMILES string of the molecule is COC(CO)C1CCOCC1. The van der Waals surface area contributed by atoms with Gasteiger partial charge in [0.25, 0.3) is 0 Å². The lowest BCUT2D eigenvalue weighted by Crippen LogP contribution is -2.31. The topological polar surface area (TPSA) is 38.7 Å². The van der Waals surface area contributed by atoms with Crippen LogP contribution >= 0.6 is 0 Å². The molecule has 0 spiro atoms. The van der Waals surface area contributed by atoms with Crippen LogP contribution in [0.3, 0.4) is 0 Å². The van der Waals surface area contributed by atoms with E-state index in [0.29, 0.717) is 5.92 Å². The maximum atomic E-state index is 8.91. The lowest BCUT2D eigenvalue weighted by Gasteiger charge is -2.27.